The van der Waals surface area contributed by atoms with Crippen LogP contribution in [0.3, 0.4) is 0 Å². The molecule has 0 saturated heterocycles. The molecule has 0 aromatic heterocycles. The molecule has 0 unspecified atom stereocenters. The smallest absolute Gasteiger partial charge is 0.385 e. The highest BCUT2D eigenvalue weighted by Crippen LogP contribution is 2.21. The van der Waals surface area contributed by atoms with Crippen LogP contribution in [0.1, 0.15) is 19.3 Å². The van der Waals surface area contributed by atoms with Gasteiger partial charge in [-0.15, -0.1) is 0 Å². The lowest BCUT2D eigenvalue weighted by Crippen LogP contribution is -2.06. The van der Waals surface area contributed by atoms with Crippen molar-refractivity contribution < 1.29 is 17.9 Å². The zero-order valence-electron chi connectivity index (χ0n) is 5.87. The minimum Gasteiger partial charge on any atom is -0.385 e. The van der Waals surface area contributed by atoms with Gasteiger partial charge in [-0.3, -0.25) is 0 Å². The van der Waals surface area contributed by atoms with Gasteiger partial charge < -0.3 is 4.74 Å². The van der Waals surface area contributed by atoms with Gasteiger partial charge in [0.2, 0.25) is 0 Å². The highest BCUT2D eigenvalue weighted by Gasteiger charge is 2.25. The molecule has 0 fully saturated rings. The fourth-order valence-corrected chi connectivity index (χ4v) is 0.572. The number of hydrogen-bond acceptors (Lipinski definition) is 1. The Hall–Kier alpha value is -0.250. The van der Waals surface area contributed by atoms with E-state index in [2.05, 4.69) is 4.74 Å². The molecule has 0 aromatic carbocycles. The normalized spacial score (nSPS) is 12.0. The molecule has 0 amide bonds. The molecule has 0 spiro atoms. The van der Waals surface area contributed by atoms with Gasteiger partial charge in [-0.25, -0.2) is 0 Å². The standard InChI is InChI=1S/C6H11F3O/c1-10-5-3-2-4-6(7,8)9/h2-5H2,1H3. The summed E-state index contributed by atoms with van der Waals surface area (Å²) in [6.45, 7) is 0.413. The van der Waals surface area contributed by atoms with E-state index in [4.69, 9.17) is 0 Å². The molecule has 0 radical (unpaired) electrons. The number of halogens is 3. The van der Waals surface area contributed by atoms with Gasteiger partial charge in [0.05, 0.1) is 0 Å². The van der Waals surface area contributed by atoms with Gasteiger partial charge in [-0.2, -0.15) is 13.2 Å². The van der Waals surface area contributed by atoms with Gasteiger partial charge in [0, 0.05) is 20.1 Å². The van der Waals surface area contributed by atoms with Crippen LogP contribution in [0.2, 0.25) is 0 Å². The fourth-order valence-electron chi connectivity index (χ4n) is 0.572. The molecule has 0 rings (SSSR count). The average Bonchev–Trinajstić information content (AvgIpc) is 1.78. The van der Waals surface area contributed by atoms with E-state index in [9.17, 15) is 13.2 Å². The van der Waals surface area contributed by atoms with E-state index in [0.29, 0.717) is 13.0 Å². The predicted octanol–water partition coefficient (Wildman–Crippen LogP) is 2.37. The van der Waals surface area contributed by atoms with Crippen LogP contribution in [0.4, 0.5) is 13.2 Å². The fraction of sp³-hybridized carbons (Fsp3) is 1.00. The Morgan fingerprint density at radius 1 is 1.20 bits per heavy atom. The van der Waals surface area contributed by atoms with Crippen LogP contribution in [-0.2, 0) is 4.74 Å². The summed E-state index contributed by atoms with van der Waals surface area (Å²) in [4.78, 5) is 0. The quantitative estimate of drug-likeness (QED) is 0.568. The van der Waals surface area contributed by atoms with E-state index < -0.39 is 12.6 Å². The highest BCUT2D eigenvalue weighted by atomic mass is 19.4. The second kappa shape index (κ2) is 4.55. The number of ether oxygens (including phenoxy) is 1. The summed E-state index contributed by atoms with van der Waals surface area (Å²) in [7, 11) is 1.48. The van der Waals surface area contributed by atoms with Crippen LogP contribution in [0.25, 0.3) is 0 Å². The Labute approximate surface area is 58.2 Å². The Kier molecular flexibility index (Phi) is 4.43. The molecule has 0 aliphatic carbocycles. The Morgan fingerprint density at radius 3 is 2.20 bits per heavy atom. The van der Waals surface area contributed by atoms with Crippen molar-refractivity contribution in [1.29, 1.82) is 0 Å². The molecule has 0 bridgehead atoms. The number of alkyl halides is 3. The van der Waals surface area contributed by atoms with Gasteiger partial charge in [-0.05, 0) is 12.8 Å². The summed E-state index contributed by atoms with van der Waals surface area (Å²) in [6, 6.07) is 0. The molecule has 4 heteroatoms. The Balaban J connectivity index is 3.04. The minimum atomic E-state index is -4.01. The van der Waals surface area contributed by atoms with Crippen molar-refractivity contribution in [2.75, 3.05) is 13.7 Å². The Bertz CT molecular complexity index is 79.6. The molecular formula is C6H11F3O. The van der Waals surface area contributed by atoms with E-state index in [1.54, 1.807) is 0 Å². The number of rotatable bonds is 4. The van der Waals surface area contributed by atoms with Gasteiger partial charge in [0.25, 0.3) is 0 Å². The summed E-state index contributed by atoms with van der Waals surface area (Å²) in [5.74, 6) is 0. The molecule has 10 heavy (non-hydrogen) atoms. The highest BCUT2D eigenvalue weighted by molar-refractivity contribution is 4.49. The van der Waals surface area contributed by atoms with E-state index in [1.165, 1.54) is 7.11 Å². The van der Waals surface area contributed by atoms with E-state index >= 15 is 0 Å². The van der Waals surface area contributed by atoms with Crippen molar-refractivity contribution >= 4 is 0 Å². The third-order valence-electron chi connectivity index (χ3n) is 1.06. The largest absolute Gasteiger partial charge is 0.389 e. The SMILES string of the molecule is COCCCCC(F)(F)F. The topological polar surface area (TPSA) is 9.23 Å². The minimum absolute atomic E-state index is 0.164. The van der Waals surface area contributed by atoms with Crippen LogP contribution < -0.4 is 0 Å². The van der Waals surface area contributed by atoms with Gasteiger partial charge in [-0.1, -0.05) is 0 Å². The van der Waals surface area contributed by atoms with Crippen molar-refractivity contribution in [3.63, 3.8) is 0 Å². The molecule has 0 heterocycles. The lowest BCUT2D eigenvalue weighted by Gasteiger charge is -2.04. The van der Waals surface area contributed by atoms with Crippen LogP contribution in [0.15, 0.2) is 0 Å². The molecule has 0 aromatic rings. The first-order valence-corrected chi connectivity index (χ1v) is 3.12. The number of hydrogen-bond donors (Lipinski definition) is 0. The molecular weight excluding hydrogens is 145 g/mol. The van der Waals surface area contributed by atoms with Crippen LogP contribution >= 0.6 is 0 Å². The molecule has 1 nitrogen and oxygen atoms in total. The molecule has 0 saturated carbocycles. The van der Waals surface area contributed by atoms with Crippen molar-refractivity contribution in [1.82, 2.24) is 0 Å². The second-order valence-corrected chi connectivity index (χ2v) is 2.07. The second-order valence-electron chi connectivity index (χ2n) is 2.07. The maximum atomic E-state index is 11.4. The van der Waals surface area contributed by atoms with Crippen LogP contribution in [-0.4, -0.2) is 19.9 Å². The first-order chi connectivity index (χ1) is 4.56. The summed E-state index contributed by atoms with van der Waals surface area (Å²) in [5.41, 5.74) is 0. The van der Waals surface area contributed by atoms with Crippen LogP contribution in [0, 0.1) is 0 Å². The lowest BCUT2D eigenvalue weighted by atomic mass is 10.2. The zero-order valence-corrected chi connectivity index (χ0v) is 5.87. The maximum absolute atomic E-state index is 11.4. The van der Waals surface area contributed by atoms with Crippen molar-refractivity contribution in [2.45, 2.75) is 25.4 Å². The summed E-state index contributed by atoms with van der Waals surface area (Å²) < 4.78 is 38.9. The predicted molar refractivity (Wildman–Crippen MR) is 31.8 cm³/mol. The number of unbranched alkanes of at least 4 members (excludes halogenated alkanes) is 1. The molecule has 62 valence electrons. The lowest BCUT2D eigenvalue weighted by molar-refractivity contribution is -0.136. The summed E-state index contributed by atoms with van der Waals surface area (Å²) in [6.07, 6.45) is -4.06. The summed E-state index contributed by atoms with van der Waals surface area (Å²) >= 11 is 0. The monoisotopic (exact) mass is 156 g/mol. The van der Waals surface area contributed by atoms with Crippen molar-refractivity contribution in [3.8, 4) is 0 Å². The summed E-state index contributed by atoms with van der Waals surface area (Å²) in [5, 5.41) is 0. The molecule has 0 aliphatic rings. The molecule has 0 atom stereocenters. The first-order valence-electron chi connectivity index (χ1n) is 3.12. The van der Waals surface area contributed by atoms with Gasteiger partial charge in [0.1, 0.15) is 0 Å². The van der Waals surface area contributed by atoms with E-state index in [1.807, 2.05) is 0 Å². The average molecular weight is 156 g/mol. The Morgan fingerprint density at radius 2 is 1.80 bits per heavy atom. The van der Waals surface area contributed by atoms with E-state index in [0.717, 1.165) is 0 Å². The van der Waals surface area contributed by atoms with Crippen LogP contribution in [0.5, 0.6) is 0 Å². The van der Waals surface area contributed by atoms with E-state index in [-0.39, 0.29) is 6.42 Å². The van der Waals surface area contributed by atoms with Crippen molar-refractivity contribution in [3.05, 3.63) is 0 Å². The first kappa shape index (κ1) is 9.75. The maximum Gasteiger partial charge on any atom is 0.389 e. The van der Waals surface area contributed by atoms with Crippen molar-refractivity contribution in [2.24, 2.45) is 0 Å². The third kappa shape index (κ3) is 7.75. The number of methoxy groups -OCH3 is 1. The molecule has 0 aliphatic heterocycles. The third-order valence-corrected chi connectivity index (χ3v) is 1.06. The van der Waals surface area contributed by atoms with Gasteiger partial charge in [0.15, 0.2) is 0 Å². The zero-order chi connectivity index (χ0) is 8.04. The van der Waals surface area contributed by atoms with Gasteiger partial charge >= 0.3 is 6.18 Å². The molecule has 0 N–H and O–H groups in total.